The predicted octanol–water partition coefficient (Wildman–Crippen LogP) is 2.99. The zero-order valence-corrected chi connectivity index (χ0v) is 17.3. The maximum atomic E-state index is 12.0. The molecule has 0 saturated carbocycles. The molecule has 0 radical (unpaired) electrons. The van der Waals surface area contributed by atoms with E-state index in [2.05, 4.69) is 21.2 Å². The molecule has 3 aromatic carbocycles. The Morgan fingerprint density at radius 2 is 1.75 bits per heavy atom. The summed E-state index contributed by atoms with van der Waals surface area (Å²) in [5, 5.41) is 9.95. The number of amides is 1. The summed E-state index contributed by atoms with van der Waals surface area (Å²) < 4.78 is 28.9. The Balaban J connectivity index is 1.49. The Morgan fingerprint density at radius 1 is 1.04 bits per heavy atom. The second-order valence-corrected chi connectivity index (χ2v) is 8.53. The number of sulfonamides is 1. The number of ether oxygens (including phenoxy) is 1. The van der Waals surface area contributed by atoms with Crippen molar-refractivity contribution in [1.82, 2.24) is 5.32 Å². The molecule has 146 valence electrons. The highest BCUT2D eigenvalue weighted by Gasteiger charge is 2.09. The van der Waals surface area contributed by atoms with Gasteiger partial charge in [-0.15, -0.1) is 0 Å². The smallest absolute Gasteiger partial charge is 0.257 e. The molecule has 6 nitrogen and oxygen atoms in total. The molecule has 0 spiro atoms. The van der Waals surface area contributed by atoms with Gasteiger partial charge in [-0.25, -0.2) is 13.6 Å². The molecule has 0 bridgehead atoms. The van der Waals surface area contributed by atoms with Crippen LogP contribution in [0, 0.1) is 0 Å². The molecule has 0 atom stereocenters. The van der Waals surface area contributed by atoms with Crippen molar-refractivity contribution in [3.63, 3.8) is 0 Å². The van der Waals surface area contributed by atoms with Crippen molar-refractivity contribution in [2.75, 3.05) is 13.2 Å². The summed E-state index contributed by atoms with van der Waals surface area (Å²) >= 11 is 3.53. The van der Waals surface area contributed by atoms with Crippen LogP contribution in [-0.4, -0.2) is 27.5 Å². The third-order valence-corrected chi connectivity index (χ3v) is 5.92. The minimum absolute atomic E-state index is 0.0645. The largest absolute Gasteiger partial charge is 0.483 e. The van der Waals surface area contributed by atoms with Gasteiger partial charge in [0.1, 0.15) is 5.75 Å². The minimum Gasteiger partial charge on any atom is -0.483 e. The molecule has 0 saturated heterocycles. The Kier molecular flexibility index (Phi) is 6.33. The van der Waals surface area contributed by atoms with Crippen LogP contribution in [0.1, 0.15) is 5.56 Å². The molecule has 0 aliphatic heterocycles. The number of nitrogens with two attached hydrogens (primary N) is 1. The maximum absolute atomic E-state index is 12.0. The van der Waals surface area contributed by atoms with Gasteiger partial charge in [0.2, 0.25) is 10.0 Å². The van der Waals surface area contributed by atoms with Crippen LogP contribution in [0.2, 0.25) is 0 Å². The molecule has 0 aromatic heterocycles. The number of hydrogen-bond acceptors (Lipinski definition) is 4. The summed E-state index contributed by atoms with van der Waals surface area (Å²) in [6.45, 7) is 0.317. The molecule has 0 aliphatic carbocycles. The van der Waals surface area contributed by atoms with E-state index >= 15 is 0 Å². The SMILES string of the molecule is NS(=O)(=O)c1ccc(CCNC(=O)COc2ccc3ccccc3c2Br)cc1. The van der Waals surface area contributed by atoms with E-state index in [-0.39, 0.29) is 17.4 Å². The van der Waals surface area contributed by atoms with Gasteiger partial charge in [-0.1, -0.05) is 42.5 Å². The average Bonchev–Trinajstić information content (AvgIpc) is 2.67. The van der Waals surface area contributed by atoms with Crippen molar-refractivity contribution >= 4 is 42.6 Å². The fraction of sp³-hybridized carbons (Fsp3) is 0.150. The number of benzene rings is 3. The van der Waals surface area contributed by atoms with Crippen LogP contribution in [0.3, 0.4) is 0 Å². The molecular formula is C20H19BrN2O4S. The van der Waals surface area contributed by atoms with Crippen LogP contribution in [-0.2, 0) is 21.2 Å². The van der Waals surface area contributed by atoms with Gasteiger partial charge < -0.3 is 10.1 Å². The number of carbonyl (C=O) groups is 1. The number of primary sulfonamides is 1. The fourth-order valence-corrected chi connectivity index (χ4v) is 3.83. The molecule has 0 unspecified atom stereocenters. The molecule has 3 rings (SSSR count). The lowest BCUT2D eigenvalue weighted by atomic mass is 10.1. The zero-order chi connectivity index (χ0) is 20.1. The van der Waals surface area contributed by atoms with E-state index < -0.39 is 10.0 Å². The summed E-state index contributed by atoms with van der Waals surface area (Å²) in [4.78, 5) is 12.1. The van der Waals surface area contributed by atoms with E-state index in [9.17, 15) is 13.2 Å². The first-order valence-corrected chi connectivity index (χ1v) is 10.9. The van der Waals surface area contributed by atoms with E-state index in [4.69, 9.17) is 9.88 Å². The molecule has 3 N–H and O–H groups in total. The average molecular weight is 463 g/mol. The highest BCUT2D eigenvalue weighted by molar-refractivity contribution is 9.10. The van der Waals surface area contributed by atoms with Gasteiger partial charge in [0.05, 0.1) is 9.37 Å². The van der Waals surface area contributed by atoms with Gasteiger partial charge in [-0.3, -0.25) is 4.79 Å². The van der Waals surface area contributed by atoms with E-state index in [0.29, 0.717) is 18.7 Å². The molecule has 0 heterocycles. The van der Waals surface area contributed by atoms with Gasteiger partial charge >= 0.3 is 0 Å². The van der Waals surface area contributed by atoms with Crippen LogP contribution < -0.4 is 15.2 Å². The third-order valence-electron chi connectivity index (χ3n) is 4.17. The van der Waals surface area contributed by atoms with E-state index in [1.54, 1.807) is 12.1 Å². The van der Waals surface area contributed by atoms with Gasteiger partial charge in [0.25, 0.3) is 5.91 Å². The highest BCUT2D eigenvalue weighted by atomic mass is 79.9. The lowest BCUT2D eigenvalue weighted by Crippen LogP contribution is -2.30. The van der Waals surface area contributed by atoms with Gasteiger partial charge in [0.15, 0.2) is 6.61 Å². The molecule has 1 amide bonds. The minimum atomic E-state index is -3.69. The lowest BCUT2D eigenvalue weighted by molar-refractivity contribution is -0.123. The number of carbonyl (C=O) groups excluding carboxylic acids is 1. The number of nitrogens with one attached hydrogen (secondary N) is 1. The van der Waals surface area contributed by atoms with Gasteiger partial charge in [-0.05, 0) is 56.9 Å². The Bertz CT molecular complexity index is 1100. The van der Waals surface area contributed by atoms with Crippen LogP contribution in [0.25, 0.3) is 10.8 Å². The quantitative estimate of drug-likeness (QED) is 0.563. The summed E-state index contributed by atoms with van der Waals surface area (Å²) in [5.74, 6) is 0.369. The fourth-order valence-electron chi connectivity index (χ4n) is 2.71. The number of halogens is 1. The number of hydrogen-bond donors (Lipinski definition) is 2. The first kappa shape index (κ1) is 20.3. The zero-order valence-electron chi connectivity index (χ0n) is 14.9. The molecule has 8 heteroatoms. The van der Waals surface area contributed by atoms with Crippen molar-refractivity contribution in [3.8, 4) is 5.75 Å². The summed E-state index contributed by atoms with van der Waals surface area (Å²) in [6.07, 6.45) is 0.566. The Morgan fingerprint density at radius 3 is 2.46 bits per heavy atom. The van der Waals surface area contributed by atoms with Crippen molar-refractivity contribution in [1.29, 1.82) is 0 Å². The molecule has 0 aliphatic rings. The highest BCUT2D eigenvalue weighted by Crippen LogP contribution is 2.32. The van der Waals surface area contributed by atoms with E-state index in [0.717, 1.165) is 20.8 Å². The first-order valence-electron chi connectivity index (χ1n) is 8.53. The summed E-state index contributed by atoms with van der Waals surface area (Å²) in [6, 6.07) is 17.9. The van der Waals surface area contributed by atoms with Crippen LogP contribution in [0.15, 0.2) is 70.0 Å². The normalized spacial score (nSPS) is 11.4. The van der Waals surface area contributed by atoms with Crippen LogP contribution in [0.4, 0.5) is 0 Å². The van der Waals surface area contributed by atoms with Gasteiger partial charge in [0, 0.05) is 6.54 Å². The molecule has 0 fully saturated rings. The maximum Gasteiger partial charge on any atom is 0.257 e. The number of rotatable bonds is 7. The molecule has 28 heavy (non-hydrogen) atoms. The predicted molar refractivity (Wildman–Crippen MR) is 112 cm³/mol. The summed E-state index contributed by atoms with van der Waals surface area (Å²) in [5.41, 5.74) is 0.894. The summed E-state index contributed by atoms with van der Waals surface area (Å²) in [7, 11) is -3.69. The monoisotopic (exact) mass is 462 g/mol. The van der Waals surface area contributed by atoms with Crippen LogP contribution in [0.5, 0.6) is 5.75 Å². The Labute approximate surface area is 171 Å². The second-order valence-electron chi connectivity index (χ2n) is 6.18. The molecule has 3 aromatic rings. The first-order chi connectivity index (χ1) is 13.3. The van der Waals surface area contributed by atoms with E-state index in [1.165, 1.54) is 12.1 Å². The third kappa shape index (κ3) is 5.09. The topological polar surface area (TPSA) is 98.5 Å². The molecular weight excluding hydrogens is 444 g/mol. The number of fused-ring (bicyclic) bond motifs is 1. The second kappa shape index (κ2) is 8.72. The van der Waals surface area contributed by atoms with E-state index in [1.807, 2.05) is 36.4 Å². The Hall–Kier alpha value is -2.42. The van der Waals surface area contributed by atoms with Gasteiger partial charge in [-0.2, -0.15) is 0 Å². The van der Waals surface area contributed by atoms with Crippen molar-refractivity contribution < 1.29 is 17.9 Å². The van der Waals surface area contributed by atoms with Crippen LogP contribution >= 0.6 is 15.9 Å². The standard InChI is InChI=1S/C20H19BrN2O4S/c21-20-17-4-2-1-3-15(17)7-10-18(20)27-13-19(24)23-12-11-14-5-8-16(9-6-14)28(22,25)26/h1-10H,11-13H2,(H,23,24)(H2,22,25,26). The van der Waals surface area contributed by atoms with Crippen molar-refractivity contribution in [3.05, 3.63) is 70.7 Å². The lowest BCUT2D eigenvalue weighted by Gasteiger charge is -2.11. The van der Waals surface area contributed by atoms with Crippen molar-refractivity contribution in [2.24, 2.45) is 5.14 Å². The van der Waals surface area contributed by atoms with Crippen molar-refractivity contribution in [2.45, 2.75) is 11.3 Å².